The SMILES string of the molecule is CNc1nc(COCCCC(C)C)nc2sccc12. The molecule has 0 radical (unpaired) electrons. The molecule has 0 atom stereocenters. The summed E-state index contributed by atoms with van der Waals surface area (Å²) in [5.41, 5.74) is 0. The van der Waals surface area contributed by atoms with Gasteiger partial charge in [0, 0.05) is 13.7 Å². The molecule has 0 saturated heterocycles. The minimum atomic E-state index is 0.487. The van der Waals surface area contributed by atoms with Crippen molar-refractivity contribution in [1.82, 2.24) is 9.97 Å². The van der Waals surface area contributed by atoms with E-state index in [1.807, 2.05) is 18.5 Å². The Balaban J connectivity index is 1.93. The molecule has 0 fully saturated rings. The molecule has 0 bridgehead atoms. The van der Waals surface area contributed by atoms with Crippen molar-refractivity contribution in [3.05, 3.63) is 17.3 Å². The number of fused-ring (bicyclic) bond motifs is 1. The van der Waals surface area contributed by atoms with Gasteiger partial charge in [-0.1, -0.05) is 13.8 Å². The third kappa shape index (κ3) is 3.88. The first-order valence-corrected chi connectivity index (χ1v) is 7.58. The Hall–Kier alpha value is -1.20. The number of aromatic nitrogens is 2. The van der Waals surface area contributed by atoms with Gasteiger partial charge in [0.2, 0.25) is 0 Å². The summed E-state index contributed by atoms with van der Waals surface area (Å²) in [7, 11) is 1.88. The van der Waals surface area contributed by atoms with Gasteiger partial charge >= 0.3 is 0 Å². The maximum absolute atomic E-state index is 5.65. The van der Waals surface area contributed by atoms with Gasteiger partial charge < -0.3 is 10.1 Å². The number of rotatable bonds is 7. The zero-order valence-corrected chi connectivity index (χ0v) is 12.6. The Kier molecular flexibility index (Phi) is 5.10. The second kappa shape index (κ2) is 6.82. The van der Waals surface area contributed by atoms with Crippen molar-refractivity contribution in [3.63, 3.8) is 0 Å². The van der Waals surface area contributed by atoms with Crippen molar-refractivity contribution in [2.45, 2.75) is 33.3 Å². The van der Waals surface area contributed by atoms with Gasteiger partial charge in [-0.3, -0.25) is 0 Å². The molecule has 0 saturated carbocycles. The lowest BCUT2D eigenvalue weighted by Crippen LogP contribution is -2.04. The lowest BCUT2D eigenvalue weighted by Gasteiger charge is -2.07. The second-order valence-corrected chi connectivity index (χ2v) is 5.86. The highest BCUT2D eigenvalue weighted by molar-refractivity contribution is 7.16. The van der Waals surface area contributed by atoms with Crippen LogP contribution in [0.4, 0.5) is 5.82 Å². The first kappa shape index (κ1) is 14.2. The van der Waals surface area contributed by atoms with Crippen molar-refractivity contribution >= 4 is 27.4 Å². The fourth-order valence-electron chi connectivity index (χ4n) is 1.91. The molecule has 2 aromatic rings. The number of hydrogen-bond acceptors (Lipinski definition) is 5. The van der Waals surface area contributed by atoms with E-state index in [0.717, 1.165) is 40.8 Å². The van der Waals surface area contributed by atoms with Crippen LogP contribution in [-0.4, -0.2) is 23.6 Å². The van der Waals surface area contributed by atoms with Gasteiger partial charge in [0.05, 0.1) is 5.39 Å². The molecule has 4 nitrogen and oxygen atoms in total. The van der Waals surface area contributed by atoms with Gasteiger partial charge in [0.15, 0.2) is 5.82 Å². The van der Waals surface area contributed by atoms with E-state index in [1.165, 1.54) is 6.42 Å². The fourth-order valence-corrected chi connectivity index (χ4v) is 2.69. The Morgan fingerprint density at radius 2 is 2.21 bits per heavy atom. The zero-order chi connectivity index (χ0) is 13.7. The lowest BCUT2D eigenvalue weighted by atomic mass is 10.1. The van der Waals surface area contributed by atoms with Crippen LogP contribution in [0.15, 0.2) is 11.4 Å². The molecule has 19 heavy (non-hydrogen) atoms. The molecule has 0 aliphatic heterocycles. The molecular formula is C14H21N3OS. The van der Waals surface area contributed by atoms with Gasteiger partial charge in [-0.25, -0.2) is 9.97 Å². The number of thiophene rings is 1. The summed E-state index contributed by atoms with van der Waals surface area (Å²) in [5.74, 6) is 2.37. The molecule has 104 valence electrons. The van der Waals surface area contributed by atoms with Crippen LogP contribution < -0.4 is 5.32 Å². The molecule has 0 spiro atoms. The normalized spacial score (nSPS) is 11.4. The number of nitrogens with one attached hydrogen (secondary N) is 1. The van der Waals surface area contributed by atoms with Gasteiger partial charge in [-0.2, -0.15) is 0 Å². The molecule has 5 heteroatoms. The summed E-state index contributed by atoms with van der Waals surface area (Å²) in [6.45, 7) is 5.72. The smallest absolute Gasteiger partial charge is 0.158 e. The molecule has 0 aliphatic rings. The number of hydrogen-bond donors (Lipinski definition) is 1. The molecule has 0 unspecified atom stereocenters. The third-order valence-electron chi connectivity index (χ3n) is 2.91. The first-order chi connectivity index (χ1) is 9.20. The Labute approximate surface area is 118 Å². The van der Waals surface area contributed by atoms with E-state index in [1.54, 1.807) is 11.3 Å². The van der Waals surface area contributed by atoms with E-state index in [9.17, 15) is 0 Å². The average Bonchev–Trinajstić information content (AvgIpc) is 2.85. The van der Waals surface area contributed by atoms with Crippen LogP contribution in [0.1, 0.15) is 32.5 Å². The Bertz CT molecular complexity index is 524. The lowest BCUT2D eigenvalue weighted by molar-refractivity contribution is 0.110. The molecule has 2 rings (SSSR count). The molecule has 2 aromatic heterocycles. The topological polar surface area (TPSA) is 47.0 Å². The van der Waals surface area contributed by atoms with Gasteiger partial charge in [-0.15, -0.1) is 11.3 Å². The van der Waals surface area contributed by atoms with Crippen molar-refractivity contribution < 1.29 is 4.74 Å². The maximum atomic E-state index is 5.65. The molecule has 0 amide bonds. The van der Waals surface area contributed by atoms with Crippen LogP contribution in [0.25, 0.3) is 10.2 Å². The van der Waals surface area contributed by atoms with Gasteiger partial charge in [0.1, 0.15) is 17.3 Å². The summed E-state index contributed by atoms with van der Waals surface area (Å²) in [6.07, 6.45) is 2.30. The fraction of sp³-hybridized carbons (Fsp3) is 0.571. The van der Waals surface area contributed by atoms with Crippen LogP contribution in [-0.2, 0) is 11.3 Å². The van der Waals surface area contributed by atoms with Crippen LogP contribution >= 0.6 is 11.3 Å². The standard InChI is InChI=1S/C14H21N3OS/c1-10(2)5-4-7-18-9-12-16-13(15-3)11-6-8-19-14(11)17-12/h6,8,10H,4-5,7,9H2,1-3H3,(H,15,16,17). The van der Waals surface area contributed by atoms with Crippen molar-refractivity contribution in [1.29, 1.82) is 0 Å². The second-order valence-electron chi connectivity index (χ2n) is 4.97. The third-order valence-corrected chi connectivity index (χ3v) is 3.72. The Morgan fingerprint density at radius 3 is 2.95 bits per heavy atom. The van der Waals surface area contributed by atoms with Crippen molar-refractivity contribution in [2.24, 2.45) is 5.92 Å². The van der Waals surface area contributed by atoms with E-state index in [-0.39, 0.29) is 0 Å². The number of nitrogens with zero attached hydrogens (tertiary/aromatic N) is 2. The average molecular weight is 279 g/mol. The monoisotopic (exact) mass is 279 g/mol. The molecule has 0 aromatic carbocycles. The Morgan fingerprint density at radius 1 is 1.37 bits per heavy atom. The van der Waals surface area contributed by atoms with E-state index in [4.69, 9.17) is 4.74 Å². The molecule has 1 N–H and O–H groups in total. The zero-order valence-electron chi connectivity index (χ0n) is 11.8. The predicted molar refractivity (Wildman–Crippen MR) is 80.7 cm³/mol. The van der Waals surface area contributed by atoms with Crippen LogP contribution in [0.5, 0.6) is 0 Å². The summed E-state index contributed by atoms with van der Waals surface area (Å²) < 4.78 is 5.65. The molecular weight excluding hydrogens is 258 g/mol. The number of anilines is 1. The quantitative estimate of drug-likeness (QED) is 0.785. The highest BCUT2D eigenvalue weighted by atomic mass is 32.1. The molecule has 0 aliphatic carbocycles. The highest BCUT2D eigenvalue weighted by Crippen LogP contribution is 2.24. The minimum absolute atomic E-state index is 0.487. The van der Waals surface area contributed by atoms with E-state index in [0.29, 0.717) is 6.61 Å². The van der Waals surface area contributed by atoms with Gasteiger partial charge in [0.25, 0.3) is 0 Å². The maximum Gasteiger partial charge on any atom is 0.158 e. The predicted octanol–water partition coefficient (Wildman–Crippen LogP) is 3.69. The van der Waals surface area contributed by atoms with E-state index in [2.05, 4.69) is 29.1 Å². The van der Waals surface area contributed by atoms with E-state index >= 15 is 0 Å². The summed E-state index contributed by atoms with van der Waals surface area (Å²) in [5, 5.41) is 6.23. The number of ether oxygens (including phenoxy) is 1. The molecule has 2 heterocycles. The minimum Gasteiger partial charge on any atom is -0.373 e. The van der Waals surface area contributed by atoms with E-state index < -0.39 is 0 Å². The van der Waals surface area contributed by atoms with Crippen LogP contribution in [0, 0.1) is 5.92 Å². The van der Waals surface area contributed by atoms with Crippen LogP contribution in [0.3, 0.4) is 0 Å². The summed E-state index contributed by atoms with van der Waals surface area (Å²) in [4.78, 5) is 10.0. The summed E-state index contributed by atoms with van der Waals surface area (Å²) >= 11 is 1.63. The van der Waals surface area contributed by atoms with Gasteiger partial charge in [-0.05, 0) is 30.2 Å². The largest absolute Gasteiger partial charge is 0.373 e. The highest BCUT2D eigenvalue weighted by Gasteiger charge is 2.07. The van der Waals surface area contributed by atoms with Crippen LogP contribution in [0.2, 0.25) is 0 Å². The summed E-state index contributed by atoms with van der Waals surface area (Å²) in [6, 6.07) is 2.04. The van der Waals surface area contributed by atoms with Crippen molar-refractivity contribution in [2.75, 3.05) is 19.0 Å². The van der Waals surface area contributed by atoms with Crippen molar-refractivity contribution in [3.8, 4) is 0 Å². The first-order valence-electron chi connectivity index (χ1n) is 6.70.